The Hall–Kier alpha value is -0.970. The molecular weight excluding hydrogens is 623 g/mol. The third-order valence-electron chi connectivity index (χ3n) is 6.34. The number of likely N-dealkylation sites (tertiary alicyclic amines) is 1. The molecule has 6 atom stereocenters. The van der Waals surface area contributed by atoms with Crippen LogP contribution in [0.4, 0.5) is 5.69 Å². The Bertz CT molecular complexity index is 958. The van der Waals surface area contributed by atoms with E-state index in [9.17, 15) is 19.2 Å². The van der Waals surface area contributed by atoms with Gasteiger partial charge in [-0.2, -0.15) is 0 Å². The number of hydrogen-bond acceptors (Lipinski definition) is 5. The first-order valence-corrected chi connectivity index (χ1v) is 12.7. The first-order valence-electron chi connectivity index (χ1n) is 9.65. The highest BCUT2D eigenvalue weighted by Gasteiger charge is 2.66. The van der Waals surface area contributed by atoms with Crippen molar-refractivity contribution in [2.24, 2.45) is 23.7 Å². The topological polar surface area (TPSA) is 92.8 Å². The SMILES string of the molecule is Cc1c(NC(=O)COC(=O)CN2C(=O)[C@@H]3[C@H]4C[C@@H]([C@H](Br)[C@@H]4Br)[C@@H]3C2=O)ccc(Br)c1Cl. The number of imide groups is 1. The van der Waals surface area contributed by atoms with E-state index in [0.717, 1.165) is 11.3 Å². The summed E-state index contributed by atoms with van der Waals surface area (Å²) in [6, 6.07) is 3.37. The number of rotatable bonds is 5. The molecule has 31 heavy (non-hydrogen) atoms. The van der Waals surface area contributed by atoms with Crippen LogP contribution in [0, 0.1) is 30.6 Å². The molecule has 1 saturated heterocycles. The van der Waals surface area contributed by atoms with Crippen LogP contribution in [0.25, 0.3) is 0 Å². The molecule has 7 nitrogen and oxygen atoms in total. The lowest BCUT2D eigenvalue weighted by Crippen LogP contribution is -2.38. The van der Waals surface area contributed by atoms with E-state index in [4.69, 9.17) is 16.3 Å². The fourth-order valence-electron chi connectivity index (χ4n) is 4.86. The normalized spacial score (nSPS) is 31.2. The number of hydrogen-bond donors (Lipinski definition) is 1. The van der Waals surface area contributed by atoms with Gasteiger partial charge in [-0.25, -0.2) is 0 Å². The van der Waals surface area contributed by atoms with Crippen molar-refractivity contribution < 1.29 is 23.9 Å². The molecule has 2 aliphatic carbocycles. The average Bonchev–Trinajstić information content (AvgIpc) is 3.33. The number of alkyl halides is 2. The summed E-state index contributed by atoms with van der Waals surface area (Å²) in [4.78, 5) is 51.3. The lowest BCUT2D eigenvalue weighted by atomic mass is 9.81. The molecule has 4 rings (SSSR count). The largest absolute Gasteiger partial charge is 0.454 e. The van der Waals surface area contributed by atoms with Crippen LogP contribution in [0.1, 0.15) is 12.0 Å². The van der Waals surface area contributed by atoms with Crippen molar-refractivity contribution in [3.05, 3.63) is 27.2 Å². The van der Waals surface area contributed by atoms with E-state index >= 15 is 0 Å². The number of fused-ring (bicyclic) bond motifs is 5. The van der Waals surface area contributed by atoms with Gasteiger partial charge < -0.3 is 10.1 Å². The number of carbonyl (C=O) groups excluding carboxylic acids is 4. The molecule has 1 aromatic carbocycles. The molecule has 1 aliphatic heterocycles. The summed E-state index contributed by atoms with van der Waals surface area (Å²) in [5.41, 5.74) is 1.16. The number of anilines is 1. The summed E-state index contributed by atoms with van der Waals surface area (Å²) in [6.07, 6.45) is 0.816. The summed E-state index contributed by atoms with van der Waals surface area (Å²) in [6.45, 7) is 0.728. The molecule has 1 N–H and O–H groups in total. The van der Waals surface area contributed by atoms with Crippen LogP contribution in [0.15, 0.2) is 16.6 Å². The molecule has 11 heteroatoms. The minimum Gasteiger partial charge on any atom is -0.454 e. The predicted octanol–water partition coefficient (Wildman–Crippen LogP) is 3.67. The second-order valence-electron chi connectivity index (χ2n) is 8.01. The number of nitrogens with zero attached hydrogens (tertiary/aromatic N) is 1. The Morgan fingerprint density at radius 1 is 1.16 bits per heavy atom. The van der Waals surface area contributed by atoms with Crippen LogP contribution in [0.3, 0.4) is 0 Å². The van der Waals surface area contributed by atoms with Crippen molar-refractivity contribution in [2.75, 3.05) is 18.5 Å². The van der Waals surface area contributed by atoms with Gasteiger partial charge in [0.25, 0.3) is 5.91 Å². The number of nitrogens with one attached hydrogen (secondary N) is 1. The van der Waals surface area contributed by atoms with Crippen LogP contribution < -0.4 is 5.32 Å². The molecule has 2 bridgehead atoms. The molecule has 166 valence electrons. The molecule has 1 aromatic rings. The summed E-state index contributed by atoms with van der Waals surface area (Å²) < 4.78 is 5.70. The maximum absolute atomic E-state index is 12.8. The van der Waals surface area contributed by atoms with E-state index in [-0.39, 0.29) is 33.3 Å². The van der Waals surface area contributed by atoms with E-state index in [0.29, 0.717) is 20.7 Å². The number of ether oxygens (including phenoxy) is 1. The van der Waals surface area contributed by atoms with Gasteiger partial charge in [-0.1, -0.05) is 43.5 Å². The zero-order valence-electron chi connectivity index (χ0n) is 16.2. The molecule has 3 amide bonds. The van der Waals surface area contributed by atoms with Gasteiger partial charge in [0.2, 0.25) is 11.8 Å². The first kappa shape index (κ1) is 23.2. The number of amides is 3. The molecule has 1 heterocycles. The quantitative estimate of drug-likeness (QED) is 0.301. The lowest BCUT2D eigenvalue weighted by molar-refractivity contribution is -0.154. The minimum absolute atomic E-state index is 0.0728. The number of halogens is 4. The fraction of sp³-hybridized carbons (Fsp3) is 0.500. The molecule has 0 spiro atoms. The monoisotopic (exact) mass is 638 g/mol. The molecule has 0 aromatic heterocycles. The third kappa shape index (κ3) is 3.98. The van der Waals surface area contributed by atoms with Crippen LogP contribution >= 0.6 is 59.4 Å². The Labute approximate surface area is 208 Å². The maximum Gasteiger partial charge on any atom is 0.326 e. The predicted molar refractivity (Wildman–Crippen MR) is 124 cm³/mol. The zero-order chi connectivity index (χ0) is 22.6. The minimum atomic E-state index is -0.805. The van der Waals surface area contributed by atoms with E-state index in [1.165, 1.54) is 0 Å². The maximum atomic E-state index is 12.8. The second kappa shape index (κ2) is 8.76. The van der Waals surface area contributed by atoms with Gasteiger partial charge in [-0.15, -0.1) is 0 Å². The third-order valence-corrected chi connectivity index (χ3v) is 10.9. The zero-order valence-corrected chi connectivity index (χ0v) is 21.8. The molecular formula is C20H18Br3ClN2O5. The van der Waals surface area contributed by atoms with Gasteiger partial charge in [-0.05, 0) is 58.8 Å². The van der Waals surface area contributed by atoms with Crippen LogP contribution in [0.5, 0.6) is 0 Å². The highest BCUT2D eigenvalue weighted by molar-refractivity contribution is 9.12. The molecule has 0 radical (unpaired) electrons. The summed E-state index contributed by atoms with van der Waals surface area (Å²) in [5, 5.41) is 3.10. The van der Waals surface area contributed by atoms with Crippen molar-refractivity contribution >= 4 is 88.8 Å². The fourth-order valence-corrected chi connectivity index (χ4v) is 7.33. The van der Waals surface area contributed by atoms with Gasteiger partial charge in [0.1, 0.15) is 6.54 Å². The Kier molecular flexibility index (Phi) is 6.55. The smallest absolute Gasteiger partial charge is 0.326 e. The van der Waals surface area contributed by atoms with Crippen molar-refractivity contribution in [1.82, 2.24) is 4.90 Å². The number of carbonyl (C=O) groups is 4. The van der Waals surface area contributed by atoms with E-state index in [1.54, 1.807) is 19.1 Å². The van der Waals surface area contributed by atoms with Crippen LogP contribution in [0.2, 0.25) is 5.02 Å². The lowest BCUT2D eigenvalue weighted by Gasteiger charge is -2.28. The van der Waals surface area contributed by atoms with Crippen molar-refractivity contribution in [3.8, 4) is 0 Å². The van der Waals surface area contributed by atoms with Crippen LogP contribution in [-0.2, 0) is 23.9 Å². The standard InChI is InChI=1S/C20H18Br3ClN2O5/c1-7-11(3-2-10(21)18(7)24)25-12(27)6-31-13(28)5-26-19(29)14-8-4-9(15(14)20(26)30)17(23)16(8)22/h2-3,8-9,14-17H,4-6H2,1H3,(H,25,27)/t8-,9-,14-,15+,16-,17+/m1/s1. The summed E-state index contributed by atoms with van der Waals surface area (Å²) in [5.74, 6) is -2.64. The van der Waals surface area contributed by atoms with Gasteiger partial charge in [0, 0.05) is 19.8 Å². The molecule has 3 aliphatic rings. The molecule has 2 saturated carbocycles. The molecule has 3 fully saturated rings. The Morgan fingerprint density at radius 3 is 2.32 bits per heavy atom. The highest BCUT2D eigenvalue weighted by Crippen LogP contribution is 2.60. The van der Waals surface area contributed by atoms with Gasteiger partial charge >= 0.3 is 5.97 Å². The van der Waals surface area contributed by atoms with Crippen molar-refractivity contribution in [1.29, 1.82) is 0 Å². The van der Waals surface area contributed by atoms with Gasteiger partial charge in [0.15, 0.2) is 6.61 Å². The van der Waals surface area contributed by atoms with Gasteiger partial charge in [0.05, 0.1) is 16.9 Å². The number of benzene rings is 1. The highest BCUT2D eigenvalue weighted by atomic mass is 79.9. The average molecular weight is 642 g/mol. The molecule has 0 unspecified atom stereocenters. The summed E-state index contributed by atoms with van der Waals surface area (Å²) >= 11 is 16.7. The second-order valence-corrected chi connectivity index (χ2v) is 11.4. The van der Waals surface area contributed by atoms with E-state index < -0.39 is 36.9 Å². The Morgan fingerprint density at radius 2 is 1.74 bits per heavy atom. The summed E-state index contributed by atoms with van der Waals surface area (Å²) in [7, 11) is 0. The van der Waals surface area contributed by atoms with Crippen molar-refractivity contribution in [2.45, 2.75) is 23.0 Å². The number of esters is 1. The van der Waals surface area contributed by atoms with Gasteiger partial charge in [-0.3, -0.25) is 24.1 Å². The van der Waals surface area contributed by atoms with E-state index in [1.807, 2.05) is 0 Å². The Balaban J connectivity index is 1.33. The van der Waals surface area contributed by atoms with Crippen LogP contribution in [-0.4, -0.2) is 51.4 Å². The first-order chi connectivity index (χ1) is 14.6. The van der Waals surface area contributed by atoms with Crippen molar-refractivity contribution in [3.63, 3.8) is 0 Å². The van der Waals surface area contributed by atoms with E-state index in [2.05, 4.69) is 53.1 Å².